The van der Waals surface area contributed by atoms with Gasteiger partial charge in [0.05, 0.1) is 19.2 Å². The number of hydrogen-bond acceptors (Lipinski definition) is 4. The molecule has 0 saturated heterocycles. The van der Waals surface area contributed by atoms with Crippen LogP contribution < -0.4 is 5.32 Å². The Kier molecular flexibility index (Phi) is 6.11. The van der Waals surface area contributed by atoms with Crippen molar-refractivity contribution in [2.75, 3.05) is 5.32 Å². The van der Waals surface area contributed by atoms with Crippen molar-refractivity contribution < 1.29 is 19.1 Å². The summed E-state index contributed by atoms with van der Waals surface area (Å²) >= 11 is 0. The van der Waals surface area contributed by atoms with Crippen LogP contribution >= 0.6 is 0 Å². The number of para-hydroxylation sites is 1. The van der Waals surface area contributed by atoms with E-state index < -0.39 is 0 Å². The van der Waals surface area contributed by atoms with Gasteiger partial charge in [-0.2, -0.15) is 0 Å². The van der Waals surface area contributed by atoms with Crippen LogP contribution in [0.1, 0.15) is 23.8 Å². The van der Waals surface area contributed by atoms with Crippen molar-refractivity contribution in [3.63, 3.8) is 0 Å². The normalized spacial score (nSPS) is 10.5. The third-order valence-corrected chi connectivity index (χ3v) is 4.26. The van der Waals surface area contributed by atoms with Crippen molar-refractivity contribution in [2.24, 2.45) is 0 Å². The quantitative estimate of drug-likeness (QED) is 0.656. The highest BCUT2D eigenvalue weighted by atomic mass is 16.3. The first kappa shape index (κ1) is 19.2. The Morgan fingerprint density at radius 2 is 1.75 bits per heavy atom. The summed E-state index contributed by atoms with van der Waals surface area (Å²) in [7, 11) is 0. The zero-order valence-electron chi connectivity index (χ0n) is 15.6. The molecule has 2 amide bonds. The standard InChI is InChI=1S/C22H22N2O4/c1-16(25)23-19-10-8-17(9-11-19)13-22(27)24(15-20-6-4-12-28-20)14-18-5-2-3-7-21(18)26/h2-12,26H,13-15H2,1H3,(H,23,25). The second kappa shape index (κ2) is 8.90. The van der Waals surface area contributed by atoms with E-state index in [2.05, 4.69) is 5.32 Å². The summed E-state index contributed by atoms with van der Waals surface area (Å²) in [6.07, 6.45) is 1.77. The van der Waals surface area contributed by atoms with Crippen LogP contribution in [0.4, 0.5) is 5.69 Å². The third kappa shape index (κ3) is 5.23. The van der Waals surface area contributed by atoms with Crippen LogP contribution in [-0.4, -0.2) is 21.8 Å². The summed E-state index contributed by atoms with van der Waals surface area (Å²) in [4.78, 5) is 25.7. The van der Waals surface area contributed by atoms with Gasteiger partial charge in [0.1, 0.15) is 11.5 Å². The van der Waals surface area contributed by atoms with E-state index in [9.17, 15) is 14.7 Å². The number of benzene rings is 2. The number of rotatable bonds is 7. The van der Waals surface area contributed by atoms with Gasteiger partial charge in [-0.25, -0.2) is 0 Å². The lowest BCUT2D eigenvalue weighted by atomic mass is 10.1. The second-order valence-electron chi connectivity index (χ2n) is 6.51. The van der Waals surface area contributed by atoms with Crippen molar-refractivity contribution >= 4 is 17.5 Å². The van der Waals surface area contributed by atoms with Crippen LogP contribution in [0.2, 0.25) is 0 Å². The molecule has 0 aliphatic heterocycles. The average Bonchev–Trinajstić information content (AvgIpc) is 3.17. The van der Waals surface area contributed by atoms with Gasteiger partial charge in [-0.1, -0.05) is 30.3 Å². The fourth-order valence-corrected chi connectivity index (χ4v) is 2.87. The SMILES string of the molecule is CC(=O)Nc1ccc(CC(=O)N(Cc2ccco2)Cc2ccccc2O)cc1. The molecule has 0 saturated carbocycles. The average molecular weight is 378 g/mol. The van der Waals surface area contributed by atoms with Crippen LogP contribution in [0, 0.1) is 0 Å². The Morgan fingerprint density at radius 3 is 2.39 bits per heavy atom. The van der Waals surface area contributed by atoms with Crippen LogP contribution in [0.3, 0.4) is 0 Å². The van der Waals surface area contributed by atoms with Crippen molar-refractivity contribution in [1.82, 2.24) is 4.90 Å². The molecular formula is C22H22N2O4. The van der Waals surface area contributed by atoms with Gasteiger partial charge in [0, 0.05) is 24.7 Å². The molecule has 3 aromatic rings. The van der Waals surface area contributed by atoms with Crippen LogP contribution in [-0.2, 0) is 29.1 Å². The Labute approximate surface area is 163 Å². The number of carbonyl (C=O) groups excluding carboxylic acids is 2. The predicted molar refractivity (Wildman–Crippen MR) is 106 cm³/mol. The molecule has 2 aromatic carbocycles. The van der Waals surface area contributed by atoms with Crippen molar-refractivity contribution in [2.45, 2.75) is 26.4 Å². The van der Waals surface area contributed by atoms with E-state index in [0.717, 1.165) is 5.56 Å². The molecule has 144 valence electrons. The van der Waals surface area contributed by atoms with E-state index in [-0.39, 0.29) is 30.5 Å². The summed E-state index contributed by atoms with van der Waals surface area (Å²) < 4.78 is 5.39. The van der Waals surface area contributed by atoms with E-state index in [1.165, 1.54) is 6.92 Å². The molecule has 2 N–H and O–H groups in total. The number of phenolic OH excluding ortho intramolecular Hbond substituents is 1. The smallest absolute Gasteiger partial charge is 0.227 e. The maximum Gasteiger partial charge on any atom is 0.227 e. The van der Waals surface area contributed by atoms with E-state index in [1.807, 2.05) is 24.3 Å². The fraction of sp³-hybridized carbons (Fsp3) is 0.182. The number of hydrogen-bond donors (Lipinski definition) is 2. The van der Waals surface area contributed by atoms with Gasteiger partial charge in [-0.05, 0) is 35.9 Å². The van der Waals surface area contributed by atoms with Crippen molar-refractivity contribution in [1.29, 1.82) is 0 Å². The molecule has 0 radical (unpaired) electrons. The maximum atomic E-state index is 13.0. The number of anilines is 1. The fourth-order valence-electron chi connectivity index (χ4n) is 2.87. The minimum atomic E-state index is -0.142. The topological polar surface area (TPSA) is 82.8 Å². The molecule has 1 aromatic heterocycles. The Balaban J connectivity index is 1.74. The van der Waals surface area contributed by atoms with E-state index >= 15 is 0 Å². The van der Waals surface area contributed by atoms with Crippen LogP contribution in [0.25, 0.3) is 0 Å². The molecule has 0 spiro atoms. The lowest BCUT2D eigenvalue weighted by molar-refractivity contribution is -0.132. The molecule has 0 bridgehead atoms. The highest BCUT2D eigenvalue weighted by Gasteiger charge is 2.18. The molecule has 0 aliphatic carbocycles. The molecule has 6 heteroatoms. The van der Waals surface area contributed by atoms with Gasteiger partial charge in [0.2, 0.25) is 11.8 Å². The lowest BCUT2D eigenvalue weighted by Crippen LogP contribution is -2.31. The number of amides is 2. The Bertz CT molecular complexity index is 933. The number of phenols is 1. The van der Waals surface area contributed by atoms with Gasteiger partial charge in [-0.15, -0.1) is 0 Å². The number of nitrogens with zero attached hydrogens (tertiary/aromatic N) is 1. The Morgan fingerprint density at radius 1 is 1.00 bits per heavy atom. The maximum absolute atomic E-state index is 13.0. The van der Waals surface area contributed by atoms with Gasteiger partial charge in [0.15, 0.2) is 0 Å². The summed E-state index contributed by atoms with van der Waals surface area (Å²) in [5.74, 6) is 0.590. The summed E-state index contributed by atoms with van der Waals surface area (Å²) in [6, 6.07) is 17.7. The molecule has 28 heavy (non-hydrogen) atoms. The number of furan rings is 1. The summed E-state index contributed by atoms with van der Waals surface area (Å²) in [5, 5.41) is 12.8. The van der Waals surface area contributed by atoms with Gasteiger partial charge >= 0.3 is 0 Å². The molecular weight excluding hydrogens is 356 g/mol. The number of aromatic hydroxyl groups is 1. The first-order valence-corrected chi connectivity index (χ1v) is 8.95. The van der Waals surface area contributed by atoms with Crippen molar-refractivity contribution in [3.05, 3.63) is 83.8 Å². The number of carbonyl (C=O) groups is 2. The Hall–Kier alpha value is -3.54. The van der Waals surface area contributed by atoms with Gasteiger partial charge in [0.25, 0.3) is 0 Å². The highest BCUT2D eigenvalue weighted by molar-refractivity contribution is 5.88. The zero-order valence-corrected chi connectivity index (χ0v) is 15.6. The van der Waals surface area contributed by atoms with Crippen LogP contribution in [0.5, 0.6) is 5.75 Å². The second-order valence-corrected chi connectivity index (χ2v) is 6.51. The molecule has 0 atom stereocenters. The summed E-state index contributed by atoms with van der Waals surface area (Å²) in [5.41, 5.74) is 2.19. The minimum absolute atomic E-state index is 0.0908. The third-order valence-electron chi connectivity index (χ3n) is 4.26. The van der Waals surface area contributed by atoms with E-state index in [1.54, 1.807) is 47.6 Å². The van der Waals surface area contributed by atoms with Crippen LogP contribution in [0.15, 0.2) is 71.3 Å². The highest BCUT2D eigenvalue weighted by Crippen LogP contribution is 2.20. The van der Waals surface area contributed by atoms with Crippen molar-refractivity contribution in [3.8, 4) is 5.75 Å². The van der Waals surface area contributed by atoms with Gasteiger partial charge in [-0.3, -0.25) is 9.59 Å². The predicted octanol–water partition coefficient (Wildman–Crippen LogP) is 3.72. The monoisotopic (exact) mass is 378 g/mol. The molecule has 1 heterocycles. The first-order valence-electron chi connectivity index (χ1n) is 8.95. The summed E-state index contributed by atoms with van der Waals surface area (Å²) in [6.45, 7) is 2.03. The first-order chi connectivity index (χ1) is 13.5. The molecule has 0 unspecified atom stereocenters. The molecule has 6 nitrogen and oxygen atoms in total. The molecule has 0 aliphatic rings. The van der Waals surface area contributed by atoms with E-state index in [4.69, 9.17) is 4.42 Å². The largest absolute Gasteiger partial charge is 0.508 e. The molecule has 0 fully saturated rings. The zero-order chi connectivity index (χ0) is 19.9. The number of nitrogens with one attached hydrogen (secondary N) is 1. The minimum Gasteiger partial charge on any atom is -0.508 e. The lowest BCUT2D eigenvalue weighted by Gasteiger charge is -2.22. The molecule has 3 rings (SSSR count). The van der Waals surface area contributed by atoms with Gasteiger partial charge < -0.3 is 19.7 Å². The van der Waals surface area contributed by atoms with E-state index in [0.29, 0.717) is 23.6 Å².